The lowest BCUT2D eigenvalue weighted by Crippen LogP contribution is -2.15. The number of thiophene rings is 1. The van der Waals surface area contributed by atoms with Gasteiger partial charge in [0, 0.05) is 28.1 Å². The highest BCUT2D eigenvalue weighted by Gasteiger charge is 2.17. The fourth-order valence-electron chi connectivity index (χ4n) is 3.16. The molecule has 6 nitrogen and oxygen atoms in total. The standard InChI is InChI=1S/C23H21ClN4O2S2/c1-15-11-19(20(30-2)13-18(15)24)25-22(29)14-32-23-27-26-21(12-17-9-6-10-31-17)28(23)16-7-4-3-5-8-16/h3-11,13H,12,14H2,1-2H3,(H,25,29). The molecule has 1 N–H and O–H groups in total. The van der Waals surface area contributed by atoms with Crippen molar-refractivity contribution in [3.63, 3.8) is 0 Å². The number of hydrogen-bond donors (Lipinski definition) is 1. The van der Waals surface area contributed by atoms with E-state index in [9.17, 15) is 4.79 Å². The van der Waals surface area contributed by atoms with Gasteiger partial charge in [0.2, 0.25) is 5.91 Å². The zero-order valence-corrected chi connectivity index (χ0v) is 19.9. The fraction of sp³-hybridized carbons (Fsp3) is 0.174. The van der Waals surface area contributed by atoms with Crippen LogP contribution in [0.2, 0.25) is 5.02 Å². The average Bonchev–Trinajstić information content (AvgIpc) is 3.45. The summed E-state index contributed by atoms with van der Waals surface area (Å²) in [6.45, 7) is 1.88. The SMILES string of the molecule is COc1cc(Cl)c(C)cc1NC(=O)CSc1nnc(Cc2cccs2)n1-c1ccccc1. The lowest BCUT2D eigenvalue weighted by Gasteiger charge is -2.12. The Morgan fingerprint density at radius 3 is 2.72 bits per heavy atom. The van der Waals surface area contributed by atoms with E-state index in [-0.39, 0.29) is 11.7 Å². The first-order valence-corrected chi connectivity index (χ1v) is 12.1. The number of halogens is 1. The maximum absolute atomic E-state index is 12.7. The van der Waals surface area contributed by atoms with Crippen molar-refractivity contribution in [2.24, 2.45) is 0 Å². The van der Waals surface area contributed by atoms with E-state index >= 15 is 0 Å². The van der Waals surface area contributed by atoms with Crippen molar-refractivity contribution in [3.8, 4) is 11.4 Å². The average molecular weight is 485 g/mol. The van der Waals surface area contributed by atoms with E-state index in [1.54, 1.807) is 30.6 Å². The molecule has 1 amide bonds. The van der Waals surface area contributed by atoms with Gasteiger partial charge in [-0.05, 0) is 42.1 Å². The predicted octanol–water partition coefficient (Wildman–Crippen LogP) is 5.62. The summed E-state index contributed by atoms with van der Waals surface area (Å²) in [7, 11) is 1.54. The minimum Gasteiger partial charge on any atom is -0.495 e. The number of nitrogens with zero attached hydrogens (tertiary/aromatic N) is 3. The van der Waals surface area contributed by atoms with Gasteiger partial charge >= 0.3 is 0 Å². The van der Waals surface area contributed by atoms with Crippen molar-refractivity contribution in [1.29, 1.82) is 0 Å². The molecule has 0 radical (unpaired) electrons. The number of benzene rings is 2. The minimum absolute atomic E-state index is 0.169. The van der Waals surface area contributed by atoms with Gasteiger partial charge in [-0.25, -0.2) is 0 Å². The van der Waals surface area contributed by atoms with Gasteiger partial charge in [0.25, 0.3) is 0 Å². The second-order valence-electron chi connectivity index (χ2n) is 6.96. The molecule has 0 saturated heterocycles. The van der Waals surface area contributed by atoms with Crippen LogP contribution in [0.1, 0.15) is 16.3 Å². The number of aryl methyl sites for hydroxylation is 1. The van der Waals surface area contributed by atoms with E-state index in [1.165, 1.54) is 16.6 Å². The normalized spacial score (nSPS) is 10.8. The molecular weight excluding hydrogens is 464 g/mol. The number of nitrogens with one attached hydrogen (secondary N) is 1. The highest BCUT2D eigenvalue weighted by Crippen LogP contribution is 2.31. The Hall–Kier alpha value is -2.81. The molecule has 0 aliphatic heterocycles. The maximum atomic E-state index is 12.7. The van der Waals surface area contributed by atoms with Crippen LogP contribution in [0, 0.1) is 6.92 Å². The first-order chi connectivity index (χ1) is 15.5. The number of carbonyl (C=O) groups is 1. The number of methoxy groups -OCH3 is 1. The molecule has 164 valence electrons. The van der Waals surface area contributed by atoms with Crippen molar-refractivity contribution >= 4 is 46.3 Å². The zero-order valence-electron chi connectivity index (χ0n) is 17.5. The minimum atomic E-state index is -0.169. The monoisotopic (exact) mass is 484 g/mol. The first-order valence-electron chi connectivity index (χ1n) is 9.84. The van der Waals surface area contributed by atoms with E-state index in [1.807, 2.05) is 53.3 Å². The van der Waals surface area contributed by atoms with Gasteiger partial charge in [-0.2, -0.15) is 0 Å². The quantitative estimate of drug-likeness (QED) is 0.329. The third kappa shape index (κ3) is 5.15. The molecular formula is C23H21ClN4O2S2. The number of rotatable bonds is 8. The zero-order chi connectivity index (χ0) is 22.5. The summed E-state index contributed by atoms with van der Waals surface area (Å²) in [5, 5.41) is 15.0. The number of anilines is 1. The molecule has 4 aromatic rings. The topological polar surface area (TPSA) is 69.0 Å². The van der Waals surface area contributed by atoms with Gasteiger partial charge in [0.05, 0.1) is 18.6 Å². The van der Waals surface area contributed by atoms with Crippen LogP contribution in [0.25, 0.3) is 5.69 Å². The van der Waals surface area contributed by atoms with Crippen molar-refractivity contribution in [2.45, 2.75) is 18.5 Å². The number of ether oxygens (including phenoxy) is 1. The van der Waals surface area contributed by atoms with E-state index in [0.29, 0.717) is 28.0 Å². The Bertz CT molecular complexity index is 1210. The number of thioether (sulfide) groups is 1. The molecule has 2 heterocycles. The molecule has 0 fully saturated rings. The van der Waals surface area contributed by atoms with E-state index in [2.05, 4.69) is 21.6 Å². The third-order valence-corrected chi connectivity index (χ3v) is 6.93. The Morgan fingerprint density at radius 1 is 1.19 bits per heavy atom. The highest BCUT2D eigenvalue weighted by molar-refractivity contribution is 7.99. The molecule has 2 aromatic heterocycles. The fourth-order valence-corrected chi connectivity index (χ4v) is 4.79. The third-order valence-electron chi connectivity index (χ3n) is 4.71. The molecule has 0 atom stereocenters. The number of carbonyl (C=O) groups excluding carboxylic acids is 1. The molecule has 0 saturated carbocycles. The Balaban J connectivity index is 1.53. The van der Waals surface area contributed by atoms with Crippen molar-refractivity contribution in [2.75, 3.05) is 18.2 Å². The van der Waals surface area contributed by atoms with Crippen LogP contribution >= 0.6 is 34.7 Å². The Morgan fingerprint density at radius 2 is 2.00 bits per heavy atom. The largest absolute Gasteiger partial charge is 0.495 e. The molecule has 32 heavy (non-hydrogen) atoms. The Kier molecular flexibility index (Phi) is 7.14. The predicted molar refractivity (Wildman–Crippen MR) is 131 cm³/mol. The van der Waals surface area contributed by atoms with Gasteiger partial charge in [0.15, 0.2) is 5.16 Å². The van der Waals surface area contributed by atoms with E-state index in [4.69, 9.17) is 16.3 Å². The summed E-state index contributed by atoms with van der Waals surface area (Å²) in [5.41, 5.74) is 2.40. The number of para-hydroxylation sites is 1. The van der Waals surface area contributed by atoms with Gasteiger partial charge in [0.1, 0.15) is 11.6 Å². The van der Waals surface area contributed by atoms with E-state index < -0.39 is 0 Å². The van der Waals surface area contributed by atoms with Crippen molar-refractivity contribution in [1.82, 2.24) is 14.8 Å². The van der Waals surface area contributed by atoms with Crippen LogP contribution in [0.3, 0.4) is 0 Å². The smallest absolute Gasteiger partial charge is 0.234 e. The summed E-state index contributed by atoms with van der Waals surface area (Å²) >= 11 is 9.18. The highest BCUT2D eigenvalue weighted by atomic mass is 35.5. The molecule has 0 aliphatic carbocycles. The second kappa shape index (κ2) is 10.2. The molecule has 0 unspecified atom stereocenters. The van der Waals surface area contributed by atoms with Gasteiger partial charge in [-0.3, -0.25) is 9.36 Å². The molecule has 0 bridgehead atoms. The number of hydrogen-bond acceptors (Lipinski definition) is 6. The van der Waals surface area contributed by atoms with Crippen molar-refractivity contribution < 1.29 is 9.53 Å². The molecule has 4 rings (SSSR count). The summed E-state index contributed by atoms with van der Waals surface area (Å²) in [5.74, 6) is 1.35. The van der Waals surface area contributed by atoms with Gasteiger partial charge in [-0.15, -0.1) is 21.5 Å². The summed E-state index contributed by atoms with van der Waals surface area (Å²) < 4.78 is 7.35. The van der Waals surface area contributed by atoms with Gasteiger partial charge < -0.3 is 10.1 Å². The summed E-state index contributed by atoms with van der Waals surface area (Å²) in [4.78, 5) is 13.9. The van der Waals surface area contributed by atoms with Crippen LogP contribution in [-0.4, -0.2) is 33.5 Å². The van der Waals surface area contributed by atoms with Crippen molar-refractivity contribution in [3.05, 3.63) is 81.3 Å². The molecule has 0 aliphatic rings. The maximum Gasteiger partial charge on any atom is 0.234 e. The molecule has 9 heteroatoms. The van der Waals surface area contributed by atoms with Crippen LogP contribution < -0.4 is 10.1 Å². The number of amides is 1. The molecule has 0 spiro atoms. The summed E-state index contributed by atoms with van der Waals surface area (Å²) in [6, 6.07) is 17.5. The molecule has 2 aromatic carbocycles. The van der Waals surface area contributed by atoms with Crippen LogP contribution in [0.15, 0.2) is 65.1 Å². The Labute approximate surface area is 199 Å². The van der Waals surface area contributed by atoms with Crippen LogP contribution in [0.5, 0.6) is 5.75 Å². The lowest BCUT2D eigenvalue weighted by atomic mass is 10.2. The number of aromatic nitrogens is 3. The second-order valence-corrected chi connectivity index (χ2v) is 9.35. The van der Waals surface area contributed by atoms with E-state index in [0.717, 1.165) is 17.1 Å². The van der Waals surface area contributed by atoms with Gasteiger partial charge in [-0.1, -0.05) is 47.6 Å². The van der Waals surface area contributed by atoms with Crippen LogP contribution in [-0.2, 0) is 11.2 Å². The lowest BCUT2D eigenvalue weighted by molar-refractivity contribution is -0.113. The van der Waals surface area contributed by atoms with Crippen LogP contribution in [0.4, 0.5) is 5.69 Å². The first kappa shape index (κ1) is 22.4. The summed E-state index contributed by atoms with van der Waals surface area (Å²) in [6.07, 6.45) is 0.674.